The van der Waals surface area contributed by atoms with Crippen LogP contribution in [0.4, 0.5) is 5.69 Å². The number of carboxylic acids is 4. The molecule has 4 N–H and O–H groups in total. The molecular formula is C17H13N3O9S2. The Balaban J connectivity index is 2.10. The lowest BCUT2D eigenvalue weighted by molar-refractivity contribution is -0.140. The number of rotatable bonds is 10. The maximum absolute atomic E-state index is 11.2. The first-order valence-corrected chi connectivity index (χ1v) is 9.94. The van der Waals surface area contributed by atoms with Crippen molar-refractivity contribution in [2.24, 2.45) is 0 Å². The summed E-state index contributed by atoms with van der Waals surface area (Å²) in [5.74, 6) is -5.05. The van der Waals surface area contributed by atoms with E-state index in [1.54, 1.807) is 0 Å². The number of carboxylic acid groups (broad SMARTS) is 4. The van der Waals surface area contributed by atoms with Crippen LogP contribution in [0.5, 0.6) is 5.75 Å². The van der Waals surface area contributed by atoms with Gasteiger partial charge >= 0.3 is 23.9 Å². The third kappa shape index (κ3) is 5.23. The molecule has 162 valence electrons. The lowest BCUT2D eigenvalue weighted by atomic mass is 10.2. The number of carbonyl (C=O) groups is 4. The average molecular weight is 467 g/mol. The summed E-state index contributed by atoms with van der Waals surface area (Å²) in [7, 11) is 0. The number of aromatic nitrogens is 2. The standard InChI is InChI=1S/C17H13N3O9S2/c21-12(22)4-20(5-13(23)24)8-2-10-7(1-9(8)29-6-14(25)26)19-16(30-10)15-18-3-11(31-15)17(27)28/h1-3H,4-6H2,(H,21,22)(H,23,24)(H,25,26)(H,27,28). The second-order valence-corrected chi connectivity index (χ2v) is 8.03. The van der Waals surface area contributed by atoms with E-state index in [1.165, 1.54) is 18.3 Å². The Morgan fingerprint density at radius 3 is 2.16 bits per heavy atom. The summed E-state index contributed by atoms with van der Waals surface area (Å²) in [6, 6.07) is 2.82. The monoisotopic (exact) mass is 467 g/mol. The first kappa shape index (κ1) is 21.9. The normalized spacial score (nSPS) is 10.7. The fourth-order valence-electron chi connectivity index (χ4n) is 2.56. The summed E-state index contributed by atoms with van der Waals surface area (Å²) in [6.07, 6.45) is 1.20. The Bertz CT molecular complexity index is 1170. The van der Waals surface area contributed by atoms with Gasteiger partial charge in [-0.1, -0.05) is 0 Å². The summed E-state index contributed by atoms with van der Waals surface area (Å²) >= 11 is 2.05. The number of nitrogens with zero attached hydrogens (tertiary/aromatic N) is 3. The third-order valence-corrected chi connectivity index (χ3v) is 5.86. The highest BCUT2D eigenvalue weighted by Crippen LogP contribution is 2.39. The van der Waals surface area contributed by atoms with E-state index in [4.69, 9.17) is 25.2 Å². The largest absolute Gasteiger partial charge is 0.480 e. The maximum Gasteiger partial charge on any atom is 0.347 e. The van der Waals surface area contributed by atoms with E-state index in [1.807, 2.05) is 0 Å². The molecule has 0 unspecified atom stereocenters. The molecular weight excluding hydrogens is 454 g/mol. The maximum atomic E-state index is 11.2. The van der Waals surface area contributed by atoms with Gasteiger partial charge in [-0.3, -0.25) is 9.59 Å². The van der Waals surface area contributed by atoms with E-state index in [2.05, 4.69) is 9.97 Å². The first-order valence-electron chi connectivity index (χ1n) is 8.31. The number of hydrogen-bond acceptors (Lipinski definition) is 10. The van der Waals surface area contributed by atoms with E-state index >= 15 is 0 Å². The summed E-state index contributed by atoms with van der Waals surface area (Å²) in [5, 5.41) is 37.0. The summed E-state index contributed by atoms with van der Waals surface area (Å²) in [4.78, 5) is 53.9. The predicted octanol–water partition coefficient (Wildman–Crippen LogP) is 1.56. The number of ether oxygens (including phenoxy) is 1. The lowest BCUT2D eigenvalue weighted by Gasteiger charge is -2.23. The number of hydrogen-bond donors (Lipinski definition) is 4. The van der Waals surface area contributed by atoms with E-state index in [0.717, 1.165) is 27.6 Å². The Hall–Kier alpha value is -3.78. The highest BCUT2D eigenvalue weighted by Gasteiger charge is 2.22. The second kappa shape index (κ2) is 8.93. The van der Waals surface area contributed by atoms with Crippen molar-refractivity contribution >= 4 is 62.5 Å². The zero-order chi connectivity index (χ0) is 22.7. The van der Waals surface area contributed by atoms with Crippen LogP contribution in [0.15, 0.2) is 18.3 Å². The quantitative estimate of drug-likeness (QED) is 0.337. The number of benzene rings is 1. The van der Waals surface area contributed by atoms with Crippen LogP contribution in [0.3, 0.4) is 0 Å². The number of fused-ring (bicyclic) bond motifs is 1. The zero-order valence-electron chi connectivity index (χ0n) is 15.3. The van der Waals surface area contributed by atoms with Gasteiger partial charge in [-0.2, -0.15) is 0 Å². The average Bonchev–Trinajstić information content (AvgIpc) is 3.30. The molecule has 0 fully saturated rings. The molecule has 0 aliphatic heterocycles. The van der Waals surface area contributed by atoms with Crippen LogP contribution < -0.4 is 9.64 Å². The van der Waals surface area contributed by atoms with Crippen molar-refractivity contribution in [2.45, 2.75) is 0 Å². The molecule has 12 nitrogen and oxygen atoms in total. The van der Waals surface area contributed by atoms with Crippen LogP contribution in [0.1, 0.15) is 9.67 Å². The molecule has 0 spiro atoms. The summed E-state index contributed by atoms with van der Waals surface area (Å²) in [5.41, 5.74) is 0.431. The Morgan fingerprint density at radius 1 is 0.935 bits per heavy atom. The van der Waals surface area contributed by atoms with Gasteiger partial charge < -0.3 is 30.1 Å². The molecule has 2 heterocycles. The smallest absolute Gasteiger partial charge is 0.347 e. The van der Waals surface area contributed by atoms with Gasteiger partial charge in [0.25, 0.3) is 0 Å². The minimum absolute atomic E-state index is 0.0227. The molecule has 0 radical (unpaired) electrons. The van der Waals surface area contributed by atoms with Crippen molar-refractivity contribution in [3.63, 3.8) is 0 Å². The highest BCUT2D eigenvalue weighted by molar-refractivity contribution is 7.25. The first-order chi connectivity index (χ1) is 14.6. The van der Waals surface area contributed by atoms with Gasteiger partial charge in [0.1, 0.15) is 23.7 Å². The molecule has 0 bridgehead atoms. The van der Waals surface area contributed by atoms with E-state index in [9.17, 15) is 19.2 Å². The molecule has 1 aromatic carbocycles. The fraction of sp³-hybridized carbons (Fsp3) is 0.176. The minimum atomic E-state index is -1.29. The number of thiazole rings is 2. The SMILES string of the molecule is O=C(O)COc1cc2nc(-c3ncc(C(=O)O)s3)sc2cc1N(CC(=O)O)CC(=O)O. The molecule has 0 saturated heterocycles. The van der Waals surface area contributed by atoms with Crippen LogP contribution in [0.25, 0.3) is 20.2 Å². The molecule has 0 aliphatic rings. The zero-order valence-corrected chi connectivity index (χ0v) is 17.0. The Labute approximate surface area is 180 Å². The van der Waals surface area contributed by atoms with Crippen LogP contribution in [-0.4, -0.2) is 74.0 Å². The molecule has 0 saturated carbocycles. The molecule has 31 heavy (non-hydrogen) atoms. The molecule has 0 aliphatic carbocycles. The van der Waals surface area contributed by atoms with Crippen LogP contribution >= 0.6 is 22.7 Å². The molecule has 3 rings (SSSR count). The highest BCUT2D eigenvalue weighted by atomic mass is 32.1. The van der Waals surface area contributed by atoms with Crippen molar-refractivity contribution in [3.05, 3.63) is 23.2 Å². The molecule has 0 atom stereocenters. The predicted molar refractivity (Wildman–Crippen MR) is 108 cm³/mol. The molecule has 14 heteroatoms. The van der Waals surface area contributed by atoms with E-state index in [-0.39, 0.29) is 16.3 Å². The topological polar surface area (TPSA) is 187 Å². The van der Waals surface area contributed by atoms with Crippen LogP contribution in [-0.2, 0) is 14.4 Å². The van der Waals surface area contributed by atoms with Gasteiger partial charge in [-0.15, -0.1) is 22.7 Å². The second-order valence-electron chi connectivity index (χ2n) is 5.97. The number of aromatic carboxylic acids is 1. The van der Waals surface area contributed by atoms with Crippen LogP contribution in [0.2, 0.25) is 0 Å². The van der Waals surface area contributed by atoms with Crippen molar-refractivity contribution < 1.29 is 44.3 Å². The van der Waals surface area contributed by atoms with E-state index < -0.39 is 43.6 Å². The Kier molecular flexibility index (Phi) is 6.31. The van der Waals surface area contributed by atoms with Crippen LogP contribution in [0, 0.1) is 0 Å². The van der Waals surface area contributed by atoms with Crippen molar-refractivity contribution in [1.29, 1.82) is 0 Å². The third-order valence-electron chi connectivity index (χ3n) is 3.71. The summed E-state index contributed by atoms with van der Waals surface area (Å²) < 4.78 is 5.76. The molecule has 3 aromatic rings. The Morgan fingerprint density at radius 2 is 1.61 bits per heavy atom. The van der Waals surface area contributed by atoms with Gasteiger partial charge in [0.05, 0.1) is 22.1 Å². The van der Waals surface area contributed by atoms with Gasteiger partial charge in [0, 0.05) is 6.07 Å². The number of anilines is 1. The minimum Gasteiger partial charge on any atom is -0.480 e. The van der Waals surface area contributed by atoms with Gasteiger partial charge in [0.2, 0.25) is 0 Å². The van der Waals surface area contributed by atoms with Crippen molar-refractivity contribution in [3.8, 4) is 15.8 Å². The van der Waals surface area contributed by atoms with Crippen molar-refractivity contribution in [1.82, 2.24) is 9.97 Å². The molecule has 2 aromatic heterocycles. The summed E-state index contributed by atoms with van der Waals surface area (Å²) in [6.45, 7) is -2.07. The van der Waals surface area contributed by atoms with Gasteiger partial charge in [-0.25, -0.2) is 19.6 Å². The van der Waals surface area contributed by atoms with E-state index in [0.29, 0.717) is 20.2 Å². The van der Waals surface area contributed by atoms with Gasteiger partial charge in [-0.05, 0) is 6.07 Å². The molecule has 0 amide bonds. The van der Waals surface area contributed by atoms with Gasteiger partial charge in [0.15, 0.2) is 16.6 Å². The van der Waals surface area contributed by atoms with Crippen molar-refractivity contribution in [2.75, 3.05) is 24.6 Å². The fourth-order valence-corrected chi connectivity index (χ4v) is 4.32. The number of aliphatic carboxylic acids is 3. The lowest BCUT2D eigenvalue weighted by Crippen LogP contribution is -2.34.